The summed E-state index contributed by atoms with van der Waals surface area (Å²) in [5, 5.41) is 0.525. The summed E-state index contributed by atoms with van der Waals surface area (Å²) in [4.78, 5) is 17.1. The molecule has 0 spiro atoms. The van der Waals surface area contributed by atoms with Gasteiger partial charge in [-0.25, -0.2) is 17.6 Å². The molecular formula is C34H27F6N5O2. The van der Waals surface area contributed by atoms with E-state index in [4.69, 9.17) is 15.9 Å². The van der Waals surface area contributed by atoms with Gasteiger partial charge in [-0.3, -0.25) is 9.88 Å². The number of hydrogen-bond acceptors (Lipinski definition) is 7. The quantitative estimate of drug-likeness (QED) is 0.189. The predicted molar refractivity (Wildman–Crippen MR) is 161 cm³/mol. The van der Waals surface area contributed by atoms with Gasteiger partial charge in [0.05, 0.1) is 35.7 Å². The molecule has 2 aromatic heterocycles. The van der Waals surface area contributed by atoms with Crippen molar-refractivity contribution in [1.29, 1.82) is 0 Å². The summed E-state index contributed by atoms with van der Waals surface area (Å²) in [6.45, 7) is 1.54. The van der Waals surface area contributed by atoms with Crippen LogP contribution in [0.5, 0.6) is 6.01 Å². The van der Waals surface area contributed by atoms with Crippen LogP contribution in [-0.4, -0.2) is 77.1 Å². The average Bonchev–Trinajstić information content (AvgIpc) is 3.40. The van der Waals surface area contributed by atoms with E-state index in [1.165, 1.54) is 18.3 Å². The first-order chi connectivity index (χ1) is 22.7. The number of hydrogen-bond donors (Lipinski definition) is 0. The highest BCUT2D eigenvalue weighted by Gasteiger charge is 2.56. The lowest BCUT2D eigenvalue weighted by Crippen LogP contribution is -2.43. The molecular weight excluding hydrogens is 624 g/mol. The van der Waals surface area contributed by atoms with Gasteiger partial charge in [-0.1, -0.05) is 24.1 Å². The lowest BCUT2D eigenvalue weighted by atomic mass is 9.94. The molecule has 13 heteroatoms. The molecule has 2 aromatic carbocycles. The maximum Gasteiger partial charge on any atom is 0.319 e. The van der Waals surface area contributed by atoms with Crippen LogP contribution >= 0.6 is 0 Å². The number of ether oxygens (including phenoxy) is 2. The zero-order valence-corrected chi connectivity index (χ0v) is 24.9. The number of rotatable bonds is 5. The van der Waals surface area contributed by atoms with E-state index in [2.05, 4.69) is 20.9 Å². The summed E-state index contributed by atoms with van der Waals surface area (Å²) in [7, 11) is 0. The Labute approximate surface area is 265 Å². The van der Waals surface area contributed by atoms with Crippen molar-refractivity contribution >= 4 is 27.5 Å². The molecule has 1 saturated carbocycles. The van der Waals surface area contributed by atoms with Crippen molar-refractivity contribution in [2.75, 3.05) is 44.4 Å². The number of nitrogens with zero attached hydrogens (tertiary/aromatic N) is 5. The van der Waals surface area contributed by atoms with E-state index >= 15 is 4.39 Å². The van der Waals surface area contributed by atoms with Crippen molar-refractivity contribution in [3.05, 3.63) is 65.1 Å². The second-order valence-electron chi connectivity index (χ2n) is 12.6. The second kappa shape index (κ2) is 11.1. The number of terminal acetylenes is 1. The largest absolute Gasteiger partial charge is 0.461 e. The van der Waals surface area contributed by atoms with Crippen LogP contribution in [0.25, 0.3) is 32.9 Å². The van der Waals surface area contributed by atoms with Gasteiger partial charge in [0.1, 0.15) is 29.8 Å². The second-order valence-corrected chi connectivity index (χ2v) is 12.6. The molecule has 7 nitrogen and oxygen atoms in total. The lowest BCUT2D eigenvalue weighted by Gasteiger charge is -2.31. The smallest absolute Gasteiger partial charge is 0.319 e. The van der Waals surface area contributed by atoms with Crippen molar-refractivity contribution in [3.63, 3.8) is 0 Å². The molecule has 4 aliphatic rings. The monoisotopic (exact) mass is 651 g/mol. The molecule has 3 aliphatic heterocycles. The van der Waals surface area contributed by atoms with Crippen LogP contribution in [0.2, 0.25) is 0 Å². The van der Waals surface area contributed by atoms with Crippen molar-refractivity contribution < 1.29 is 35.8 Å². The summed E-state index contributed by atoms with van der Waals surface area (Å²) in [6, 6.07) is 4.78. The highest BCUT2D eigenvalue weighted by molar-refractivity contribution is 6.02. The zero-order chi connectivity index (χ0) is 32.6. The minimum Gasteiger partial charge on any atom is -0.461 e. The predicted octanol–water partition coefficient (Wildman–Crippen LogP) is 6.18. The Bertz CT molecular complexity index is 2030. The van der Waals surface area contributed by atoms with E-state index in [-0.39, 0.29) is 101 Å². The Morgan fingerprint density at radius 2 is 2.00 bits per heavy atom. The van der Waals surface area contributed by atoms with Crippen LogP contribution in [0.15, 0.2) is 42.1 Å². The molecule has 0 radical (unpaired) electrons. The molecule has 0 amide bonds. The molecule has 0 bridgehead atoms. The number of pyridine rings is 1. The third-order valence-corrected chi connectivity index (χ3v) is 9.96. The van der Waals surface area contributed by atoms with Gasteiger partial charge < -0.3 is 14.4 Å². The van der Waals surface area contributed by atoms with E-state index in [0.29, 0.717) is 13.0 Å². The van der Waals surface area contributed by atoms with E-state index in [0.717, 1.165) is 12.5 Å². The van der Waals surface area contributed by atoms with Crippen molar-refractivity contribution in [1.82, 2.24) is 19.9 Å². The maximum atomic E-state index is 16.7. The molecule has 0 N–H and O–H groups in total. The number of halogens is 6. The van der Waals surface area contributed by atoms with Crippen molar-refractivity contribution in [2.24, 2.45) is 5.92 Å². The van der Waals surface area contributed by atoms with Crippen molar-refractivity contribution in [2.45, 2.75) is 37.0 Å². The van der Waals surface area contributed by atoms with Gasteiger partial charge >= 0.3 is 6.01 Å². The third kappa shape index (κ3) is 4.71. The molecule has 0 unspecified atom stereocenters. The molecule has 47 heavy (non-hydrogen) atoms. The van der Waals surface area contributed by atoms with Gasteiger partial charge in [0.2, 0.25) is 0 Å². The van der Waals surface area contributed by atoms with Gasteiger partial charge in [0.25, 0.3) is 6.08 Å². The first-order valence-electron chi connectivity index (χ1n) is 15.3. The first kappa shape index (κ1) is 30.0. The summed E-state index contributed by atoms with van der Waals surface area (Å²) in [5.74, 6) is -1.30. The van der Waals surface area contributed by atoms with Gasteiger partial charge in [0, 0.05) is 41.7 Å². The van der Waals surface area contributed by atoms with Gasteiger partial charge in [-0.05, 0) is 37.3 Å². The molecule has 4 fully saturated rings. The average molecular weight is 652 g/mol. The van der Waals surface area contributed by atoms with Crippen LogP contribution in [0.3, 0.4) is 0 Å². The number of fused-ring (bicyclic) bond motifs is 4. The third-order valence-electron chi connectivity index (χ3n) is 9.96. The number of aromatic nitrogens is 3. The molecule has 242 valence electrons. The first-order valence-corrected chi connectivity index (χ1v) is 15.3. The summed E-state index contributed by atoms with van der Waals surface area (Å²) in [6.07, 6.45) is 5.61. The van der Waals surface area contributed by atoms with Crippen LogP contribution in [0, 0.1) is 35.7 Å². The normalized spacial score (nSPS) is 25.5. The number of anilines is 1. The maximum absolute atomic E-state index is 16.7. The van der Waals surface area contributed by atoms with E-state index in [9.17, 15) is 22.0 Å². The SMILES string of the molecule is C#Cc1c(F)c(F)cc2cccc(-c3ncc4c(N5CCOC[C@H]6[C@H](F)[C@H]65)nc(OC[C@]56CCCN5CC(=C(F)F)C6)nc4c3F)c12. The van der Waals surface area contributed by atoms with E-state index in [1.807, 2.05) is 4.90 Å². The van der Waals surface area contributed by atoms with Crippen LogP contribution in [0.4, 0.5) is 32.2 Å². The Hall–Kier alpha value is -4.41. The molecule has 5 heterocycles. The summed E-state index contributed by atoms with van der Waals surface area (Å²) in [5.41, 5.74) is -1.31. The topological polar surface area (TPSA) is 63.6 Å². The Morgan fingerprint density at radius 3 is 2.81 bits per heavy atom. The minimum atomic E-state index is -1.70. The Kier molecular flexibility index (Phi) is 7.07. The minimum absolute atomic E-state index is 0.0190. The highest BCUT2D eigenvalue weighted by Crippen LogP contribution is 2.46. The van der Waals surface area contributed by atoms with Gasteiger partial charge in [-0.15, -0.1) is 6.42 Å². The van der Waals surface area contributed by atoms with E-state index < -0.39 is 41.3 Å². The molecule has 3 saturated heterocycles. The summed E-state index contributed by atoms with van der Waals surface area (Å²) < 4.78 is 99.6. The molecule has 4 aromatic rings. The lowest BCUT2D eigenvalue weighted by molar-refractivity contribution is 0.108. The Balaban J connectivity index is 1.27. The summed E-state index contributed by atoms with van der Waals surface area (Å²) >= 11 is 0. The van der Waals surface area contributed by atoms with Crippen LogP contribution in [0.1, 0.15) is 24.8 Å². The highest BCUT2D eigenvalue weighted by atomic mass is 19.3. The fraction of sp³-hybridized carbons (Fsp3) is 0.382. The Morgan fingerprint density at radius 1 is 1.15 bits per heavy atom. The van der Waals surface area contributed by atoms with Crippen LogP contribution < -0.4 is 9.64 Å². The fourth-order valence-electron chi connectivity index (χ4n) is 7.58. The molecule has 1 aliphatic carbocycles. The van der Waals surface area contributed by atoms with Crippen LogP contribution in [-0.2, 0) is 4.74 Å². The molecule has 4 atom stereocenters. The van der Waals surface area contributed by atoms with Gasteiger partial charge in [-0.2, -0.15) is 18.7 Å². The van der Waals surface area contributed by atoms with Gasteiger partial charge in [0.15, 0.2) is 17.5 Å². The fourth-order valence-corrected chi connectivity index (χ4v) is 7.58. The number of benzene rings is 2. The standard InChI is InChI=1S/C34H27F6N5O2/c1-2-19-24-17(11-23(35)25(19)36)5-3-6-20(24)28-27(38)29-21(13-41-28)32(45-9-10-46-15-22-26(37)30(22)45)43-33(42-29)47-16-34-7-4-8-44(34)14-18(12-34)31(39)40/h1,3,5-6,11,13,22,26,30H,4,7-10,12,14-16H2/t22-,26-,30-,34+/m0/s1. The van der Waals surface area contributed by atoms with Crippen molar-refractivity contribution in [3.8, 4) is 29.6 Å². The van der Waals surface area contributed by atoms with E-state index in [1.54, 1.807) is 11.0 Å². The zero-order valence-electron chi connectivity index (χ0n) is 24.9. The number of alkyl halides is 1. The molecule has 8 rings (SSSR count).